The third-order valence-electron chi connectivity index (χ3n) is 2.46. The number of halogens is 2. The van der Waals surface area contributed by atoms with Crippen LogP contribution in [0.5, 0.6) is 0 Å². The fraction of sp³-hybridized carbons (Fsp3) is 0.0769. The Bertz CT molecular complexity index is 584. The predicted molar refractivity (Wildman–Crippen MR) is 68.0 cm³/mol. The van der Waals surface area contributed by atoms with Crippen molar-refractivity contribution in [3.63, 3.8) is 0 Å². The van der Waals surface area contributed by atoms with E-state index in [0.29, 0.717) is 21.8 Å². The molecule has 18 heavy (non-hydrogen) atoms. The van der Waals surface area contributed by atoms with Gasteiger partial charge in [0, 0.05) is 23.8 Å². The first kappa shape index (κ1) is 12.5. The van der Waals surface area contributed by atoms with E-state index in [1.54, 1.807) is 24.3 Å². The summed E-state index contributed by atoms with van der Waals surface area (Å²) in [6.07, 6.45) is 1.40. The standard InChI is InChI=1S/C13H10ClFN2O/c1-16-13(18)8-2-5-12(17-7-8)10-4-3-9(14)6-11(10)15/h2-7H,1H3,(H,16,18). The predicted octanol–water partition coefficient (Wildman–Crippen LogP) is 2.90. The van der Waals surface area contributed by atoms with Crippen LogP contribution in [-0.2, 0) is 0 Å². The number of hydrogen-bond donors (Lipinski definition) is 1. The zero-order valence-electron chi connectivity index (χ0n) is 9.58. The summed E-state index contributed by atoms with van der Waals surface area (Å²) in [6.45, 7) is 0. The van der Waals surface area contributed by atoms with Gasteiger partial charge in [-0.3, -0.25) is 9.78 Å². The number of amides is 1. The van der Waals surface area contributed by atoms with Crippen molar-refractivity contribution in [1.29, 1.82) is 0 Å². The number of benzene rings is 1. The van der Waals surface area contributed by atoms with Crippen molar-refractivity contribution in [2.75, 3.05) is 7.05 Å². The quantitative estimate of drug-likeness (QED) is 0.906. The lowest BCUT2D eigenvalue weighted by Gasteiger charge is -2.04. The maximum absolute atomic E-state index is 13.7. The minimum atomic E-state index is -0.442. The Labute approximate surface area is 109 Å². The number of nitrogens with zero attached hydrogens (tertiary/aromatic N) is 1. The summed E-state index contributed by atoms with van der Waals surface area (Å²) in [5, 5.41) is 2.82. The Hall–Kier alpha value is -1.94. The molecule has 0 atom stereocenters. The summed E-state index contributed by atoms with van der Waals surface area (Å²) >= 11 is 5.68. The highest BCUT2D eigenvalue weighted by molar-refractivity contribution is 6.30. The van der Waals surface area contributed by atoms with E-state index < -0.39 is 5.82 Å². The summed E-state index contributed by atoms with van der Waals surface area (Å²) < 4.78 is 13.7. The molecule has 2 rings (SSSR count). The van der Waals surface area contributed by atoms with Gasteiger partial charge in [0.15, 0.2) is 0 Å². The molecule has 0 saturated heterocycles. The molecular weight excluding hydrogens is 255 g/mol. The minimum absolute atomic E-state index is 0.231. The summed E-state index contributed by atoms with van der Waals surface area (Å²) in [7, 11) is 1.54. The highest BCUT2D eigenvalue weighted by Gasteiger charge is 2.08. The molecule has 0 aliphatic rings. The zero-order valence-corrected chi connectivity index (χ0v) is 10.3. The van der Waals surface area contributed by atoms with Crippen LogP contribution in [-0.4, -0.2) is 17.9 Å². The Morgan fingerprint density at radius 1 is 1.33 bits per heavy atom. The summed E-state index contributed by atoms with van der Waals surface area (Å²) in [5.41, 5.74) is 1.23. The number of rotatable bonds is 2. The zero-order chi connectivity index (χ0) is 13.1. The normalized spacial score (nSPS) is 10.2. The van der Waals surface area contributed by atoms with Crippen molar-refractivity contribution in [3.05, 3.63) is 52.9 Å². The van der Waals surface area contributed by atoms with Crippen LogP contribution in [0.2, 0.25) is 5.02 Å². The van der Waals surface area contributed by atoms with E-state index in [2.05, 4.69) is 10.3 Å². The van der Waals surface area contributed by atoms with Gasteiger partial charge >= 0.3 is 0 Å². The average Bonchev–Trinajstić information content (AvgIpc) is 2.38. The SMILES string of the molecule is CNC(=O)c1ccc(-c2ccc(Cl)cc2F)nc1. The van der Waals surface area contributed by atoms with E-state index in [9.17, 15) is 9.18 Å². The highest BCUT2D eigenvalue weighted by Crippen LogP contribution is 2.23. The van der Waals surface area contributed by atoms with Crippen LogP contribution in [0, 0.1) is 5.82 Å². The average molecular weight is 265 g/mol. The molecule has 1 N–H and O–H groups in total. The lowest BCUT2D eigenvalue weighted by Crippen LogP contribution is -2.17. The molecule has 1 heterocycles. The Morgan fingerprint density at radius 2 is 2.11 bits per heavy atom. The second-order valence-corrected chi connectivity index (χ2v) is 4.07. The fourth-order valence-electron chi connectivity index (χ4n) is 1.53. The first-order valence-electron chi connectivity index (χ1n) is 5.25. The molecule has 92 valence electrons. The van der Waals surface area contributed by atoms with Gasteiger partial charge < -0.3 is 5.32 Å². The molecule has 0 aliphatic heterocycles. The van der Waals surface area contributed by atoms with Gasteiger partial charge in [-0.05, 0) is 30.3 Å². The van der Waals surface area contributed by atoms with Gasteiger partial charge in [0.25, 0.3) is 5.91 Å². The molecule has 1 aromatic heterocycles. The molecule has 0 saturated carbocycles. The summed E-state index contributed by atoms with van der Waals surface area (Å²) in [4.78, 5) is 15.4. The van der Waals surface area contributed by atoms with Gasteiger partial charge in [-0.2, -0.15) is 0 Å². The van der Waals surface area contributed by atoms with E-state index in [-0.39, 0.29) is 5.91 Å². The van der Waals surface area contributed by atoms with Crippen LogP contribution < -0.4 is 5.32 Å². The maximum Gasteiger partial charge on any atom is 0.252 e. The highest BCUT2D eigenvalue weighted by atomic mass is 35.5. The monoisotopic (exact) mass is 264 g/mol. The van der Waals surface area contributed by atoms with Crippen molar-refractivity contribution in [3.8, 4) is 11.3 Å². The molecule has 0 unspecified atom stereocenters. The first-order valence-corrected chi connectivity index (χ1v) is 5.63. The smallest absolute Gasteiger partial charge is 0.252 e. The number of carbonyl (C=O) groups is 1. The van der Waals surface area contributed by atoms with Crippen LogP contribution in [0.1, 0.15) is 10.4 Å². The molecule has 1 aromatic carbocycles. The van der Waals surface area contributed by atoms with Crippen molar-refractivity contribution < 1.29 is 9.18 Å². The number of nitrogens with one attached hydrogen (secondary N) is 1. The van der Waals surface area contributed by atoms with E-state index >= 15 is 0 Å². The van der Waals surface area contributed by atoms with Gasteiger partial charge in [0.2, 0.25) is 0 Å². The minimum Gasteiger partial charge on any atom is -0.355 e. The molecule has 0 fully saturated rings. The lowest BCUT2D eigenvalue weighted by molar-refractivity contribution is 0.0963. The van der Waals surface area contributed by atoms with Gasteiger partial charge in [-0.15, -0.1) is 0 Å². The second kappa shape index (κ2) is 5.14. The Kier molecular flexibility index (Phi) is 3.58. The van der Waals surface area contributed by atoms with Crippen molar-refractivity contribution in [2.45, 2.75) is 0 Å². The van der Waals surface area contributed by atoms with E-state index in [1.807, 2.05) is 0 Å². The fourth-order valence-corrected chi connectivity index (χ4v) is 1.69. The van der Waals surface area contributed by atoms with Crippen LogP contribution in [0.15, 0.2) is 36.5 Å². The largest absolute Gasteiger partial charge is 0.355 e. The number of aromatic nitrogens is 1. The van der Waals surface area contributed by atoms with Crippen LogP contribution in [0.3, 0.4) is 0 Å². The third-order valence-corrected chi connectivity index (χ3v) is 2.69. The topological polar surface area (TPSA) is 42.0 Å². The van der Waals surface area contributed by atoms with E-state index in [4.69, 9.17) is 11.6 Å². The lowest BCUT2D eigenvalue weighted by atomic mass is 10.1. The number of pyridine rings is 1. The van der Waals surface area contributed by atoms with Gasteiger partial charge in [0.1, 0.15) is 5.82 Å². The first-order chi connectivity index (χ1) is 8.61. The number of hydrogen-bond acceptors (Lipinski definition) is 2. The molecule has 3 nitrogen and oxygen atoms in total. The van der Waals surface area contributed by atoms with Crippen LogP contribution in [0.4, 0.5) is 4.39 Å². The second-order valence-electron chi connectivity index (χ2n) is 3.64. The number of carbonyl (C=O) groups excluding carboxylic acids is 1. The third kappa shape index (κ3) is 2.49. The summed E-state index contributed by atoms with van der Waals surface area (Å²) in [5.74, 6) is -0.673. The Morgan fingerprint density at radius 3 is 2.67 bits per heavy atom. The summed E-state index contributed by atoms with van der Waals surface area (Å²) in [6, 6.07) is 7.56. The van der Waals surface area contributed by atoms with Gasteiger partial charge in [-0.25, -0.2) is 4.39 Å². The molecule has 5 heteroatoms. The molecular formula is C13H10ClFN2O. The van der Waals surface area contributed by atoms with Crippen LogP contribution >= 0.6 is 11.6 Å². The maximum atomic E-state index is 13.7. The molecule has 0 aliphatic carbocycles. The van der Waals surface area contributed by atoms with Crippen LogP contribution in [0.25, 0.3) is 11.3 Å². The van der Waals surface area contributed by atoms with Crippen molar-refractivity contribution in [1.82, 2.24) is 10.3 Å². The van der Waals surface area contributed by atoms with Crippen molar-refractivity contribution >= 4 is 17.5 Å². The van der Waals surface area contributed by atoms with Gasteiger partial charge in [0.05, 0.1) is 11.3 Å². The molecule has 0 spiro atoms. The molecule has 0 radical (unpaired) electrons. The van der Waals surface area contributed by atoms with E-state index in [0.717, 1.165) is 0 Å². The van der Waals surface area contributed by atoms with Gasteiger partial charge in [-0.1, -0.05) is 11.6 Å². The van der Waals surface area contributed by atoms with Crippen molar-refractivity contribution in [2.24, 2.45) is 0 Å². The Balaban J connectivity index is 2.37. The van der Waals surface area contributed by atoms with E-state index in [1.165, 1.54) is 19.3 Å². The molecule has 1 amide bonds. The molecule has 2 aromatic rings. The molecule has 0 bridgehead atoms.